The summed E-state index contributed by atoms with van der Waals surface area (Å²) < 4.78 is 3.13. The molecule has 0 unspecified atom stereocenters. The quantitative estimate of drug-likeness (QED) is 0.469. The van der Waals surface area contributed by atoms with Gasteiger partial charge in [0.05, 0.1) is 16.1 Å². The predicted molar refractivity (Wildman–Crippen MR) is 120 cm³/mol. The molecule has 27 heavy (non-hydrogen) atoms. The standard InChI is InChI=1S/C23H26N2S2/c1-5-6-9-16-11-13-17(14-12-16)25-22(26)19-18-10-7-8-15(2)20(18)24-23(3,4)21(19)27-25/h7-8,10-14,24H,5-6,9H2,1-4H3. The molecule has 0 amide bonds. The van der Waals surface area contributed by atoms with Gasteiger partial charge >= 0.3 is 0 Å². The molecule has 0 aliphatic carbocycles. The van der Waals surface area contributed by atoms with Crippen LogP contribution in [0.4, 0.5) is 5.69 Å². The van der Waals surface area contributed by atoms with Gasteiger partial charge in [-0.2, -0.15) is 0 Å². The van der Waals surface area contributed by atoms with Crippen molar-refractivity contribution in [1.82, 2.24) is 3.96 Å². The van der Waals surface area contributed by atoms with Gasteiger partial charge in [0.2, 0.25) is 0 Å². The van der Waals surface area contributed by atoms with Crippen LogP contribution in [0.1, 0.15) is 49.6 Å². The van der Waals surface area contributed by atoms with Gasteiger partial charge in [-0.15, -0.1) is 0 Å². The molecule has 2 aromatic carbocycles. The second-order valence-corrected chi connectivity index (χ2v) is 9.26. The lowest BCUT2D eigenvalue weighted by Gasteiger charge is -2.34. The number of rotatable bonds is 4. The fraction of sp³-hybridized carbons (Fsp3) is 0.348. The van der Waals surface area contributed by atoms with Crippen molar-refractivity contribution in [3.63, 3.8) is 0 Å². The molecule has 0 fully saturated rings. The molecule has 0 atom stereocenters. The third-order valence-electron chi connectivity index (χ3n) is 5.35. The lowest BCUT2D eigenvalue weighted by molar-refractivity contribution is 0.619. The SMILES string of the molecule is CCCCc1ccc(-n2sc3c(c2=S)-c2cccc(C)c2NC3(C)C)cc1. The van der Waals surface area contributed by atoms with Crippen LogP contribution in [-0.4, -0.2) is 3.96 Å². The number of aromatic nitrogens is 1. The molecule has 0 bridgehead atoms. The maximum absolute atomic E-state index is 5.96. The van der Waals surface area contributed by atoms with Crippen molar-refractivity contribution in [2.24, 2.45) is 0 Å². The molecule has 2 heterocycles. The average molecular weight is 395 g/mol. The normalized spacial score (nSPS) is 14.4. The summed E-state index contributed by atoms with van der Waals surface area (Å²) >= 11 is 7.73. The van der Waals surface area contributed by atoms with Crippen molar-refractivity contribution in [3.05, 3.63) is 63.1 Å². The zero-order chi connectivity index (χ0) is 19.2. The Labute approximate surface area is 171 Å². The molecule has 0 saturated carbocycles. The van der Waals surface area contributed by atoms with Crippen molar-refractivity contribution in [2.45, 2.75) is 52.5 Å². The molecule has 0 saturated heterocycles. The molecule has 1 aliphatic heterocycles. The third-order valence-corrected chi connectivity index (χ3v) is 7.32. The molecule has 3 aromatic rings. The Morgan fingerprint density at radius 3 is 2.56 bits per heavy atom. The number of nitrogens with one attached hydrogen (secondary N) is 1. The van der Waals surface area contributed by atoms with Crippen molar-refractivity contribution in [2.75, 3.05) is 5.32 Å². The average Bonchev–Trinajstić information content (AvgIpc) is 3.00. The van der Waals surface area contributed by atoms with Crippen LogP contribution in [0.2, 0.25) is 0 Å². The highest BCUT2D eigenvalue weighted by Crippen LogP contribution is 2.48. The summed E-state index contributed by atoms with van der Waals surface area (Å²) in [5.41, 5.74) is 7.33. The first-order valence-electron chi connectivity index (χ1n) is 9.66. The second kappa shape index (κ2) is 6.92. The van der Waals surface area contributed by atoms with Crippen LogP contribution in [0.5, 0.6) is 0 Å². The fourth-order valence-corrected chi connectivity index (χ4v) is 5.46. The summed E-state index contributed by atoms with van der Waals surface area (Å²) in [6, 6.07) is 15.4. The van der Waals surface area contributed by atoms with Crippen LogP contribution >= 0.6 is 23.8 Å². The molecule has 2 nitrogen and oxygen atoms in total. The largest absolute Gasteiger partial charge is 0.374 e. The number of unbranched alkanes of at least 4 members (excludes halogenated alkanes) is 1. The molecular weight excluding hydrogens is 368 g/mol. The maximum Gasteiger partial charge on any atom is 0.129 e. The van der Waals surface area contributed by atoms with Crippen molar-refractivity contribution >= 4 is 29.4 Å². The summed E-state index contributed by atoms with van der Waals surface area (Å²) in [5, 5.41) is 3.74. The lowest BCUT2D eigenvalue weighted by atomic mass is 9.88. The van der Waals surface area contributed by atoms with E-state index in [0.29, 0.717) is 0 Å². The van der Waals surface area contributed by atoms with Crippen LogP contribution in [0.25, 0.3) is 16.8 Å². The van der Waals surface area contributed by atoms with Crippen LogP contribution in [0.3, 0.4) is 0 Å². The van der Waals surface area contributed by atoms with Crippen molar-refractivity contribution < 1.29 is 0 Å². The van der Waals surface area contributed by atoms with Gasteiger partial charge in [-0.1, -0.05) is 67.4 Å². The van der Waals surface area contributed by atoms with Gasteiger partial charge in [-0.3, -0.25) is 3.96 Å². The van der Waals surface area contributed by atoms with E-state index in [2.05, 4.69) is 79.4 Å². The second-order valence-electron chi connectivity index (χ2n) is 7.91. The van der Waals surface area contributed by atoms with E-state index in [4.69, 9.17) is 12.2 Å². The van der Waals surface area contributed by atoms with E-state index >= 15 is 0 Å². The number of hydrogen-bond donors (Lipinski definition) is 1. The van der Waals surface area contributed by atoms with E-state index in [1.165, 1.54) is 45.7 Å². The number of benzene rings is 2. The summed E-state index contributed by atoms with van der Waals surface area (Å²) in [6.45, 7) is 8.87. The van der Waals surface area contributed by atoms with E-state index in [1.54, 1.807) is 11.5 Å². The number of nitrogens with zero attached hydrogens (tertiary/aromatic N) is 1. The minimum atomic E-state index is -0.140. The topological polar surface area (TPSA) is 17.0 Å². The Kier molecular flexibility index (Phi) is 4.73. The van der Waals surface area contributed by atoms with Gasteiger partial charge < -0.3 is 5.32 Å². The minimum Gasteiger partial charge on any atom is -0.374 e. The molecule has 1 N–H and O–H groups in total. The van der Waals surface area contributed by atoms with Crippen LogP contribution in [0.15, 0.2) is 42.5 Å². The molecule has 1 aromatic heterocycles. The number of aryl methyl sites for hydroxylation is 2. The first-order valence-corrected chi connectivity index (χ1v) is 10.8. The van der Waals surface area contributed by atoms with Gasteiger partial charge in [-0.25, -0.2) is 0 Å². The van der Waals surface area contributed by atoms with Crippen LogP contribution < -0.4 is 5.32 Å². The van der Waals surface area contributed by atoms with E-state index in [9.17, 15) is 0 Å². The van der Waals surface area contributed by atoms with Crippen LogP contribution in [0, 0.1) is 11.6 Å². The van der Waals surface area contributed by atoms with Crippen LogP contribution in [-0.2, 0) is 12.0 Å². The Morgan fingerprint density at radius 1 is 1.11 bits per heavy atom. The Hall–Kier alpha value is -1.91. The molecule has 4 heteroatoms. The molecule has 0 radical (unpaired) electrons. The highest BCUT2D eigenvalue weighted by atomic mass is 32.1. The van der Waals surface area contributed by atoms with Gasteiger partial charge in [0.1, 0.15) is 4.64 Å². The Morgan fingerprint density at radius 2 is 1.85 bits per heavy atom. The van der Waals surface area contributed by atoms with E-state index < -0.39 is 0 Å². The molecular formula is C23H26N2S2. The summed E-state index contributed by atoms with van der Waals surface area (Å²) in [6.07, 6.45) is 3.61. The Balaban J connectivity index is 1.84. The fourth-order valence-electron chi connectivity index (χ4n) is 3.80. The number of para-hydroxylation sites is 1. The first-order chi connectivity index (χ1) is 12.9. The highest BCUT2D eigenvalue weighted by Gasteiger charge is 2.35. The van der Waals surface area contributed by atoms with E-state index in [1.807, 2.05) is 0 Å². The van der Waals surface area contributed by atoms with Gasteiger partial charge in [0.25, 0.3) is 0 Å². The van der Waals surface area contributed by atoms with E-state index in [-0.39, 0.29) is 5.54 Å². The third kappa shape index (κ3) is 3.15. The molecule has 4 rings (SSSR count). The smallest absolute Gasteiger partial charge is 0.129 e. The van der Waals surface area contributed by atoms with E-state index in [0.717, 1.165) is 16.7 Å². The Bertz CT molecular complexity index is 1040. The number of hydrogen-bond acceptors (Lipinski definition) is 3. The van der Waals surface area contributed by atoms with Crippen molar-refractivity contribution in [3.8, 4) is 16.8 Å². The number of fused-ring (bicyclic) bond motifs is 3. The lowest BCUT2D eigenvalue weighted by Crippen LogP contribution is -2.31. The molecule has 1 aliphatic rings. The maximum atomic E-state index is 5.96. The zero-order valence-corrected chi connectivity index (χ0v) is 18.1. The van der Waals surface area contributed by atoms with Gasteiger partial charge in [0, 0.05) is 16.8 Å². The zero-order valence-electron chi connectivity index (χ0n) is 16.4. The van der Waals surface area contributed by atoms with Gasteiger partial charge in [-0.05, 0) is 56.9 Å². The van der Waals surface area contributed by atoms with Crippen molar-refractivity contribution in [1.29, 1.82) is 0 Å². The summed E-state index contributed by atoms with van der Waals surface area (Å²) in [4.78, 5) is 1.31. The molecule has 140 valence electrons. The molecule has 0 spiro atoms. The predicted octanol–water partition coefficient (Wildman–Crippen LogP) is 7.25. The first kappa shape index (κ1) is 18.5. The monoisotopic (exact) mass is 394 g/mol. The summed E-state index contributed by atoms with van der Waals surface area (Å²) in [5.74, 6) is 0. The summed E-state index contributed by atoms with van der Waals surface area (Å²) in [7, 11) is 0. The number of anilines is 1. The highest BCUT2D eigenvalue weighted by molar-refractivity contribution is 7.71. The van der Waals surface area contributed by atoms with Gasteiger partial charge in [0.15, 0.2) is 0 Å². The minimum absolute atomic E-state index is 0.140.